The minimum absolute atomic E-state index is 0.00560. The number of piperidine rings is 1. The summed E-state index contributed by atoms with van der Waals surface area (Å²) in [4.78, 5) is 25.1. The summed E-state index contributed by atoms with van der Waals surface area (Å²) in [5.74, 6) is -0.410. The van der Waals surface area contributed by atoms with E-state index in [2.05, 4.69) is 32.0 Å². The first-order valence-corrected chi connectivity index (χ1v) is 15.4. The highest BCUT2D eigenvalue weighted by molar-refractivity contribution is 7.88. The average Bonchev–Trinajstić information content (AvgIpc) is 2.88. The Labute approximate surface area is 233 Å². The molecule has 1 saturated heterocycles. The van der Waals surface area contributed by atoms with Gasteiger partial charge in [0.15, 0.2) is 0 Å². The lowest BCUT2D eigenvalue weighted by molar-refractivity contribution is -0.138. The van der Waals surface area contributed by atoms with Crippen molar-refractivity contribution >= 4 is 27.6 Å². The Hall–Kier alpha value is -2.77. The Morgan fingerprint density at radius 2 is 1.75 bits per heavy atom. The SMILES string of the molecule is CN1CCC(N(C)C(=O)c2ccc(Nc3ncc(C(F)(F)F)c(C[C@@H]4CCCC[C@@H]4NS(C)(=O)=O)n3)cc2)CC1. The van der Waals surface area contributed by atoms with E-state index in [0.29, 0.717) is 24.1 Å². The van der Waals surface area contributed by atoms with Gasteiger partial charge >= 0.3 is 6.18 Å². The number of hydrogen-bond donors (Lipinski definition) is 2. The highest BCUT2D eigenvalue weighted by atomic mass is 32.2. The zero-order chi connectivity index (χ0) is 29.1. The molecule has 2 N–H and O–H groups in total. The van der Waals surface area contributed by atoms with E-state index < -0.39 is 27.8 Å². The van der Waals surface area contributed by atoms with E-state index >= 15 is 0 Å². The molecule has 2 aromatic rings. The Balaban J connectivity index is 1.49. The minimum Gasteiger partial charge on any atom is -0.339 e. The molecule has 2 aliphatic rings. The van der Waals surface area contributed by atoms with Crippen molar-refractivity contribution in [1.82, 2.24) is 24.5 Å². The van der Waals surface area contributed by atoms with Crippen molar-refractivity contribution in [3.63, 3.8) is 0 Å². The Morgan fingerprint density at radius 3 is 2.38 bits per heavy atom. The van der Waals surface area contributed by atoms with Crippen molar-refractivity contribution < 1.29 is 26.4 Å². The number of amides is 1. The third kappa shape index (κ3) is 7.91. The normalized spacial score (nSPS) is 21.2. The largest absolute Gasteiger partial charge is 0.419 e. The predicted octanol–water partition coefficient (Wildman–Crippen LogP) is 4.06. The van der Waals surface area contributed by atoms with Gasteiger partial charge in [0.05, 0.1) is 17.5 Å². The smallest absolute Gasteiger partial charge is 0.339 e. The van der Waals surface area contributed by atoms with Gasteiger partial charge in [-0.05, 0) is 82.4 Å². The van der Waals surface area contributed by atoms with E-state index in [-0.39, 0.29) is 35.9 Å². The number of hydrogen-bond acceptors (Lipinski definition) is 7. The molecular weight excluding hydrogens is 545 g/mol. The topological polar surface area (TPSA) is 108 Å². The highest BCUT2D eigenvalue weighted by Gasteiger charge is 2.37. The number of likely N-dealkylation sites (tertiary alicyclic amines) is 1. The lowest BCUT2D eigenvalue weighted by atomic mass is 9.81. The number of nitrogens with one attached hydrogen (secondary N) is 2. The van der Waals surface area contributed by atoms with Gasteiger partial charge in [0, 0.05) is 36.6 Å². The first-order valence-electron chi connectivity index (χ1n) is 13.5. The van der Waals surface area contributed by atoms with Crippen LogP contribution in [-0.4, -0.2) is 79.6 Å². The summed E-state index contributed by atoms with van der Waals surface area (Å²) >= 11 is 0. The van der Waals surface area contributed by atoms with E-state index in [9.17, 15) is 26.4 Å². The maximum Gasteiger partial charge on any atom is 0.419 e. The quantitative estimate of drug-likeness (QED) is 0.484. The van der Waals surface area contributed by atoms with Crippen LogP contribution >= 0.6 is 0 Å². The van der Waals surface area contributed by atoms with Crippen molar-refractivity contribution in [2.75, 3.05) is 38.8 Å². The molecule has 1 aliphatic heterocycles. The number of nitrogens with zero attached hydrogens (tertiary/aromatic N) is 4. The zero-order valence-corrected chi connectivity index (χ0v) is 23.9. The van der Waals surface area contributed by atoms with Crippen molar-refractivity contribution in [1.29, 1.82) is 0 Å². The summed E-state index contributed by atoms with van der Waals surface area (Å²) in [5, 5.41) is 2.94. The molecule has 40 heavy (non-hydrogen) atoms. The average molecular weight is 583 g/mol. The van der Waals surface area contributed by atoms with Gasteiger partial charge in [-0.1, -0.05) is 12.8 Å². The van der Waals surface area contributed by atoms with Gasteiger partial charge in [-0.25, -0.2) is 23.1 Å². The van der Waals surface area contributed by atoms with Crippen LogP contribution in [0.25, 0.3) is 0 Å². The van der Waals surface area contributed by atoms with Gasteiger partial charge in [-0.2, -0.15) is 13.2 Å². The standard InChI is InChI=1S/C27H37F3N6O3S/c1-35-14-12-21(13-15-35)36(2)25(37)18-8-10-20(11-9-18)32-26-31-17-22(27(28,29)30)24(33-26)16-19-6-4-5-7-23(19)34-40(3,38)39/h8-11,17,19,21,23,34H,4-7,12-16H2,1-3H3,(H,31,32,33)/t19-,23-/m0/s1. The Morgan fingerprint density at radius 1 is 1.10 bits per heavy atom. The fourth-order valence-corrected chi connectivity index (χ4v) is 6.44. The molecule has 2 atom stereocenters. The van der Waals surface area contributed by atoms with Crippen LogP contribution in [0.5, 0.6) is 0 Å². The number of carbonyl (C=O) groups is 1. The van der Waals surface area contributed by atoms with Crippen LogP contribution in [0, 0.1) is 5.92 Å². The van der Waals surface area contributed by atoms with E-state index in [1.54, 1.807) is 29.2 Å². The molecule has 0 unspecified atom stereocenters. The number of aromatic nitrogens is 2. The summed E-state index contributed by atoms with van der Waals surface area (Å²) in [6.07, 6.45) is 1.74. The molecule has 0 bridgehead atoms. The second-order valence-electron chi connectivity index (χ2n) is 10.9. The number of anilines is 2. The van der Waals surface area contributed by atoms with E-state index in [0.717, 1.165) is 51.2 Å². The molecule has 0 spiro atoms. The molecule has 1 saturated carbocycles. The molecule has 9 nitrogen and oxygen atoms in total. The third-order valence-electron chi connectivity index (χ3n) is 7.85. The summed E-state index contributed by atoms with van der Waals surface area (Å²) in [7, 11) is 0.369. The van der Waals surface area contributed by atoms with Crippen LogP contribution in [0.4, 0.5) is 24.8 Å². The zero-order valence-electron chi connectivity index (χ0n) is 23.0. The number of carbonyl (C=O) groups excluding carboxylic acids is 1. The monoisotopic (exact) mass is 582 g/mol. The minimum atomic E-state index is -4.65. The lowest BCUT2D eigenvalue weighted by Gasteiger charge is -2.35. The van der Waals surface area contributed by atoms with Crippen LogP contribution in [0.1, 0.15) is 60.1 Å². The van der Waals surface area contributed by atoms with E-state index in [1.807, 2.05) is 7.05 Å². The Bertz CT molecular complexity index is 1280. The van der Waals surface area contributed by atoms with E-state index in [1.165, 1.54) is 0 Å². The highest BCUT2D eigenvalue weighted by Crippen LogP contribution is 2.35. The van der Waals surface area contributed by atoms with Crippen molar-refractivity contribution in [2.24, 2.45) is 5.92 Å². The molecule has 13 heteroatoms. The number of benzene rings is 1. The molecule has 1 amide bonds. The predicted molar refractivity (Wildman–Crippen MR) is 147 cm³/mol. The summed E-state index contributed by atoms with van der Waals surface area (Å²) in [6, 6.07) is 6.41. The lowest BCUT2D eigenvalue weighted by Crippen LogP contribution is -2.44. The first kappa shape index (κ1) is 30.2. The van der Waals surface area contributed by atoms with Gasteiger partial charge in [-0.15, -0.1) is 0 Å². The summed E-state index contributed by atoms with van der Waals surface area (Å²) < 4.78 is 67.7. The fourth-order valence-electron chi connectivity index (χ4n) is 5.58. The summed E-state index contributed by atoms with van der Waals surface area (Å²) in [5.41, 5.74) is -0.0652. The van der Waals surface area contributed by atoms with Gasteiger partial charge in [0.2, 0.25) is 16.0 Å². The number of halogens is 3. The number of rotatable bonds is 8. The van der Waals surface area contributed by atoms with Crippen LogP contribution in [0.15, 0.2) is 30.5 Å². The van der Waals surface area contributed by atoms with Crippen LogP contribution in [0.2, 0.25) is 0 Å². The maximum atomic E-state index is 13.8. The molecule has 1 aromatic heterocycles. The van der Waals surface area contributed by atoms with Gasteiger partial charge in [0.25, 0.3) is 5.91 Å². The molecule has 2 heterocycles. The van der Waals surface area contributed by atoms with Gasteiger partial charge in [0.1, 0.15) is 0 Å². The molecule has 1 aromatic carbocycles. The van der Waals surface area contributed by atoms with Crippen LogP contribution < -0.4 is 10.0 Å². The second kappa shape index (κ2) is 12.4. The molecule has 2 fully saturated rings. The number of alkyl halides is 3. The van der Waals surface area contributed by atoms with Crippen molar-refractivity contribution in [3.05, 3.63) is 47.3 Å². The van der Waals surface area contributed by atoms with E-state index in [4.69, 9.17) is 0 Å². The molecule has 0 radical (unpaired) electrons. The first-order chi connectivity index (χ1) is 18.8. The molecule has 1 aliphatic carbocycles. The van der Waals surface area contributed by atoms with Crippen LogP contribution in [-0.2, 0) is 22.6 Å². The molecule has 220 valence electrons. The summed E-state index contributed by atoms with van der Waals surface area (Å²) in [6.45, 7) is 1.88. The fraction of sp³-hybridized carbons (Fsp3) is 0.593. The molecular formula is C27H37F3N6O3S. The Kier molecular flexibility index (Phi) is 9.36. The third-order valence-corrected chi connectivity index (χ3v) is 8.58. The maximum absolute atomic E-state index is 13.8. The van der Waals surface area contributed by atoms with Gasteiger partial charge in [-0.3, -0.25) is 4.79 Å². The van der Waals surface area contributed by atoms with Gasteiger partial charge < -0.3 is 15.1 Å². The second-order valence-corrected chi connectivity index (χ2v) is 12.7. The van der Waals surface area contributed by atoms with Crippen molar-refractivity contribution in [2.45, 2.75) is 63.2 Å². The molecule has 4 rings (SSSR count). The van der Waals surface area contributed by atoms with Crippen LogP contribution in [0.3, 0.4) is 0 Å². The van der Waals surface area contributed by atoms with Crippen molar-refractivity contribution in [3.8, 4) is 0 Å². The number of sulfonamides is 1.